The van der Waals surface area contributed by atoms with Crippen LogP contribution < -0.4 is 10.6 Å². The Hall–Kier alpha value is -1.09. The number of rotatable bonds is 2. The topological polar surface area (TPSA) is 37.0 Å². The lowest BCUT2D eigenvalue weighted by atomic mass is 10.1. The summed E-state index contributed by atoms with van der Waals surface area (Å²) in [5, 5.41) is 6.64. The van der Waals surface area contributed by atoms with Gasteiger partial charge in [0, 0.05) is 19.3 Å². The zero-order valence-electron chi connectivity index (χ0n) is 7.17. The minimum atomic E-state index is 0.591. The number of nitrogens with zero attached hydrogens (tertiary/aromatic N) is 1. The molecule has 0 spiro atoms. The van der Waals surface area contributed by atoms with E-state index in [1.807, 2.05) is 19.2 Å². The molecular weight excluding hydrogens is 150 g/mol. The van der Waals surface area contributed by atoms with Crippen molar-refractivity contribution in [1.82, 2.24) is 10.3 Å². The molecule has 3 nitrogen and oxygen atoms in total. The molecule has 1 aliphatic rings. The Morgan fingerprint density at radius 3 is 3.00 bits per heavy atom. The highest BCUT2D eigenvalue weighted by Crippen LogP contribution is 2.12. The van der Waals surface area contributed by atoms with Crippen LogP contribution in [0, 0.1) is 6.92 Å². The van der Waals surface area contributed by atoms with Gasteiger partial charge in [0.05, 0.1) is 17.4 Å². The van der Waals surface area contributed by atoms with Gasteiger partial charge in [0.1, 0.15) is 0 Å². The molecule has 0 aliphatic carbocycles. The fourth-order valence-corrected chi connectivity index (χ4v) is 1.25. The molecule has 0 atom stereocenters. The van der Waals surface area contributed by atoms with Crippen LogP contribution in [0.25, 0.3) is 0 Å². The SMILES string of the molecule is Cc1ncccc1NC1CNC1. The molecule has 0 saturated carbocycles. The molecular formula is C9H13N3. The van der Waals surface area contributed by atoms with Gasteiger partial charge in [-0.3, -0.25) is 4.98 Å². The van der Waals surface area contributed by atoms with E-state index in [1.54, 1.807) is 0 Å². The Bertz CT molecular complexity index is 268. The minimum absolute atomic E-state index is 0.591. The summed E-state index contributed by atoms with van der Waals surface area (Å²) in [4.78, 5) is 4.21. The molecule has 0 amide bonds. The van der Waals surface area contributed by atoms with Crippen LogP contribution in [0.1, 0.15) is 5.69 Å². The van der Waals surface area contributed by atoms with E-state index < -0.39 is 0 Å². The van der Waals surface area contributed by atoms with Crippen molar-refractivity contribution in [3.05, 3.63) is 24.0 Å². The zero-order chi connectivity index (χ0) is 8.39. The number of hydrogen-bond donors (Lipinski definition) is 2. The van der Waals surface area contributed by atoms with Crippen molar-refractivity contribution in [3.8, 4) is 0 Å². The first-order valence-corrected chi connectivity index (χ1v) is 4.25. The largest absolute Gasteiger partial charge is 0.378 e. The molecule has 12 heavy (non-hydrogen) atoms. The van der Waals surface area contributed by atoms with Gasteiger partial charge in [-0.25, -0.2) is 0 Å². The minimum Gasteiger partial charge on any atom is -0.378 e. The van der Waals surface area contributed by atoms with Gasteiger partial charge in [0.2, 0.25) is 0 Å². The highest BCUT2D eigenvalue weighted by Gasteiger charge is 2.16. The Balaban J connectivity index is 2.06. The standard InChI is InChI=1S/C9H13N3/c1-7-9(3-2-4-11-7)12-8-5-10-6-8/h2-4,8,10,12H,5-6H2,1H3. The molecule has 0 bridgehead atoms. The Kier molecular flexibility index (Phi) is 1.96. The van der Waals surface area contributed by atoms with Crippen molar-refractivity contribution in [2.75, 3.05) is 18.4 Å². The van der Waals surface area contributed by atoms with Crippen LogP contribution in [-0.4, -0.2) is 24.1 Å². The highest BCUT2D eigenvalue weighted by molar-refractivity contribution is 5.48. The first kappa shape index (κ1) is 7.55. The molecule has 1 aromatic heterocycles. The van der Waals surface area contributed by atoms with E-state index in [-0.39, 0.29) is 0 Å². The summed E-state index contributed by atoms with van der Waals surface area (Å²) < 4.78 is 0. The van der Waals surface area contributed by atoms with Crippen LogP contribution in [0.15, 0.2) is 18.3 Å². The predicted molar refractivity (Wildman–Crippen MR) is 49.3 cm³/mol. The fourth-order valence-electron chi connectivity index (χ4n) is 1.25. The average Bonchev–Trinajstić information content (AvgIpc) is 2.00. The molecule has 0 aromatic carbocycles. The maximum absolute atomic E-state index is 4.21. The lowest BCUT2D eigenvalue weighted by molar-refractivity contribution is 0.472. The van der Waals surface area contributed by atoms with Crippen LogP contribution >= 0.6 is 0 Å². The van der Waals surface area contributed by atoms with Crippen molar-refractivity contribution in [3.63, 3.8) is 0 Å². The summed E-state index contributed by atoms with van der Waals surface area (Å²) in [6.45, 7) is 4.15. The molecule has 0 unspecified atom stereocenters. The van der Waals surface area contributed by atoms with Gasteiger partial charge >= 0.3 is 0 Å². The third kappa shape index (κ3) is 1.41. The molecule has 0 radical (unpaired) electrons. The highest BCUT2D eigenvalue weighted by atomic mass is 15.1. The Morgan fingerprint density at radius 1 is 1.58 bits per heavy atom. The van der Waals surface area contributed by atoms with E-state index in [4.69, 9.17) is 0 Å². The molecule has 1 saturated heterocycles. The van der Waals surface area contributed by atoms with Gasteiger partial charge in [0.25, 0.3) is 0 Å². The van der Waals surface area contributed by atoms with E-state index in [0.29, 0.717) is 6.04 Å². The molecule has 2 rings (SSSR count). The predicted octanol–water partition coefficient (Wildman–Crippen LogP) is 0.774. The van der Waals surface area contributed by atoms with Crippen LogP contribution in [-0.2, 0) is 0 Å². The number of aryl methyl sites for hydroxylation is 1. The molecule has 3 heteroatoms. The number of pyridine rings is 1. The molecule has 1 fully saturated rings. The second kappa shape index (κ2) is 3.11. The number of aromatic nitrogens is 1. The van der Waals surface area contributed by atoms with Crippen LogP contribution in [0.2, 0.25) is 0 Å². The first-order valence-electron chi connectivity index (χ1n) is 4.25. The quantitative estimate of drug-likeness (QED) is 0.676. The zero-order valence-corrected chi connectivity index (χ0v) is 7.17. The summed E-state index contributed by atoms with van der Waals surface area (Å²) in [6, 6.07) is 4.62. The first-order chi connectivity index (χ1) is 5.86. The van der Waals surface area contributed by atoms with Crippen molar-refractivity contribution in [1.29, 1.82) is 0 Å². The molecule has 1 aromatic rings. The second-order valence-electron chi connectivity index (χ2n) is 3.14. The van der Waals surface area contributed by atoms with E-state index in [1.165, 1.54) is 0 Å². The summed E-state index contributed by atoms with van der Waals surface area (Å²) in [7, 11) is 0. The van der Waals surface area contributed by atoms with Gasteiger partial charge in [-0.15, -0.1) is 0 Å². The van der Waals surface area contributed by atoms with Gasteiger partial charge in [-0.2, -0.15) is 0 Å². The van der Waals surface area contributed by atoms with E-state index >= 15 is 0 Å². The summed E-state index contributed by atoms with van der Waals surface area (Å²) >= 11 is 0. The van der Waals surface area contributed by atoms with Crippen LogP contribution in [0.3, 0.4) is 0 Å². The normalized spacial score (nSPS) is 17.1. The monoisotopic (exact) mass is 163 g/mol. The fraction of sp³-hybridized carbons (Fsp3) is 0.444. The van der Waals surface area contributed by atoms with E-state index in [0.717, 1.165) is 24.5 Å². The van der Waals surface area contributed by atoms with E-state index in [9.17, 15) is 0 Å². The lowest BCUT2D eigenvalue weighted by Gasteiger charge is -2.29. The van der Waals surface area contributed by atoms with Gasteiger partial charge in [-0.1, -0.05) is 0 Å². The third-order valence-corrected chi connectivity index (χ3v) is 2.15. The number of anilines is 1. The van der Waals surface area contributed by atoms with E-state index in [2.05, 4.69) is 21.7 Å². The van der Waals surface area contributed by atoms with Crippen molar-refractivity contribution in [2.24, 2.45) is 0 Å². The van der Waals surface area contributed by atoms with Gasteiger partial charge in [-0.05, 0) is 19.1 Å². The van der Waals surface area contributed by atoms with Crippen molar-refractivity contribution < 1.29 is 0 Å². The maximum atomic E-state index is 4.21. The molecule has 64 valence electrons. The Morgan fingerprint density at radius 2 is 2.42 bits per heavy atom. The van der Waals surface area contributed by atoms with Crippen molar-refractivity contribution in [2.45, 2.75) is 13.0 Å². The van der Waals surface area contributed by atoms with Crippen LogP contribution in [0.4, 0.5) is 5.69 Å². The smallest absolute Gasteiger partial charge is 0.0603 e. The third-order valence-electron chi connectivity index (χ3n) is 2.15. The summed E-state index contributed by atoms with van der Waals surface area (Å²) in [5.41, 5.74) is 2.23. The molecule has 2 N–H and O–H groups in total. The molecule has 1 aliphatic heterocycles. The number of hydrogen-bond acceptors (Lipinski definition) is 3. The molecule has 2 heterocycles. The van der Waals surface area contributed by atoms with Crippen molar-refractivity contribution >= 4 is 5.69 Å². The summed E-state index contributed by atoms with van der Waals surface area (Å²) in [5.74, 6) is 0. The van der Waals surface area contributed by atoms with Gasteiger partial charge < -0.3 is 10.6 Å². The van der Waals surface area contributed by atoms with Gasteiger partial charge in [0.15, 0.2) is 0 Å². The summed E-state index contributed by atoms with van der Waals surface area (Å²) in [6.07, 6.45) is 1.82. The Labute approximate surface area is 72.2 Å². The van der Waals surface area contributed by atoms with Crippen LogP contribution in [0.5, 0.6) is 0 Å². The number of nitrogens with one attached hydrogen (secondary N) is 2. The second-order valence-corrected chi connectivity index (χ2v) is 3.14. The lowest BCUT2D eigenvalue weighted by Crippen LogP contribution is -2.51. The average molecular weight is 163 g/mol. The maximum Gasteiger partial charge on any atom is 0.0603 e.